The van der Waals surface area contributed by atoms with Crippen LogP contribution in [0, 0.1) is 0 Å². The van der Waals surface area contributed by atoms with Gasteiger partial charge in [-0.2, -0.15) is 0 Å². The summed E-state index contributed by atoms with van der Waals surface area (Å²) < 4.78 is 15.4. The summed E-state index contributed by atoms with van der Waals surface area (Å²) in [4.78, 5) is 28.7. The van der Waals surface area contributed by atoms with Crippen molar-refractivity contribution < 1.29 is 23.8 Å². The van der Waals surface area contributed by atoms with Gasteiger partial charge in [0.15, 0.2) is 17.2 Å². The summed E-state index contributed by atoms with van der Waals surface area (Å²) in [6.45, 7) is 4.95. The van der Waals surface area contributed by atoms with Crippen molar-refractivity contribution in [2.24, 2.45) is 0 Å². The molecule has 0 unspecified atom stereocenters. The van der Waals surface area contributed by atoms with Crippen LogP contribution in [0.15, 0.2) is 12.3 Å². The van der Waals surface area contributed by atoms with Gasteiger partial charge in [-0.25, -0.2) is 14.6 Å². The first-order valence-corrected chi connectivity index (χ1v) is 7.64. The molecular formula is C15H18N2O5S. The van der Waals surface area contributed by atoms with E-state index in [2.05, 4.69) is 4.98 Å². The number of carbonyl (C=O) groups excluding carboxylic acids is 2. The van der Waals surface area contributed by atoms with Gasteiger partial charge in [0, 0.05) is 0 Å². The lowest BCUT2D eigenvalue weighted by atomic mass is 10.2. The van der Waals surface area contributed by atoms with E-state index >= 15 is 0 Å². The van der Waals surface area contributed by atoms with Crippen LogP contribution < -0.4 is 10.5 Å². The predicted molar refractivity (Wildman–Crippen MR) is 86.7 cm³/mol. The second-order valence-electron chi connectivity index (χ2n) is 5.75. The highest BCUT2D eigenvalue weighted by atomic mass is 32.1. The van der Waals surface area contributed by atoms with Crippen molar-refractivity contribution >= 4 is 39.2 Å². The second-order valence-corrected chi connectivity index (χ2v) is 6.75. The van der Waals surface area contributed by atoms with Crippen LogP contribution >= 0.6 is 11.3 Å². The van der Waals surface area contributed by atoms with Crippen molar-refractivity contribution in [2.45, 2.75) is 26.4 Å². The summed E-state index contributed by atoms with van der Waals surface area (Å²) >= 11 is 1.11. The molecule has 0 saturated carbocycles. The number of methoxy groups -OCH3 is 1. The van der Waals surface area contributed by atoms with Crippen LogP contribution in [-0.2, 0) is 14.3 Å². The lowest BCUT2D eigenvalue weighted by molar-refractivity contribution is -0.157. The zero-order valence-corrected chi connectivity index (χ0v) is 14.2. The van der Waals surface area contributed by atoms with Gasteiger partial charge in [-0.15, -0.1) is 11.3 Å². The van der Waals surface area contributed by atoms with Gasteiger partial charge >= 0.3 is 11.9 Å². The van der Waals surface area contributed by atoms with Gasteiger partial charge in [-0.05, 0) is 26.8 Å². The monoisotopic (exact) mass is 338 g/mol. The Kier molecular flexibility index (Phi) is 4.74. The number of rotatable bonds is 4. The van der Waals surface area contributed by atoms with Crippen LogP contribution in [-0.4, -0.2) is 36.2 Å². The summed E-state index contributed by atoms with van der Waals surface area (Å²) in [5.74, 6) is -0.877. The van der Waals surface area contributed by atoms with Crippen LogP contribution in [0.2, 0.25) is 0 Å². The van der Waals surface area contributed by atoms with Gasteiger partial charge in [0.1, 0.15) is 10.4 Å². The van der Waals surface area contributed by atoms with Gasteiger partial charge < -0.3 is 19.9 Å². The highest BCUT2D eigenvalue weighted by Crippen LogP contribution is 2.38. The Bertz CT molecular complexity index is 748. The maximum Gasteiger partial charge on any atom is 0.351 e. The van der Waals surface area contributed by atoms with Gasteiger partial charge in [0.25, 0.3) is 0 Å². The van der Waals surface area contributed by atoms with Crippen LogP contribution in [0.25, 0.3) is 10.2 Å². The number of ether oxygens (including phenoxy) is 3. The number of fused-ring (bicyclic) bond motifs is 1. The minimum absolute atomic E-state index is 0.225. The molecule has 0 aliphatic heterocycles. The number of pyridine rings is 1. The Morgan fingerprint density at radius 1 is 1.35 bits per heavy atom. The van der Waals surface area contributed by atoms with Crippen LogP contribution in [0.4, 0.5) is 5.69 Å². The summed E-state index contributed by atoms with van der Waals surface area (Å²) in [6.07, 6.45) is 1.48. The molecule has 8 heteroatoms. The second kappa shape index (κ2) is 6.41. The van der Waals surface area contributed by atoms with Gasteiger partial charge in [0.05, 0.1) is 24.4 Å². The molecule has 0 aliphatic carbocycles. The number of hydrogen-bond donors (Lipinski definition) is 1. The van der Waals surface area contributed by atoms with Crippen LogP contribution in [0.5, 0.6) is 5.75 Å². The highest BCUT2D eigenvalue weighted by molar-refractivity contribution is 7.20. The lowest BCUT2D eigenvalue weighted by Crippen LogP contribution is -2.27. The van der Waals surface area contributed by atoms with E-state index in [0.717, 1.165) is 11.3 Å². The number of hydrogen-bond acceptors (Lipinski definition) is 8. The number of nitrogens with zero attached hydrogens (tertiary/aromatic N) is 1. The minimum atomic E-state index is -0.617. The Balaban J connectivity index is 2.32. The van der Waals surface area contributed by atoms with Crippen molar-refractivity contribution in [3.8, 4) is 5.75 Å². The molecule has 2 heterocycles. The van der Waals surface area contributed by atoms with Gasteiger partial charge in [-0.3, -0.25) is 0 Å². The van der Waals surface area contributed by atoms with E-state index in [1.54, 1.807) is 26.8 Å². The molecule has 0 atom stereocenters. The van der Waals surface area contributed by atoms with Gasteiger partial charge in [-0.1, -0.05) is 0 Å². The van der Waals surface area contributed by atoms with E-state index in [1.807, 2.05) is 0 Å². The van der Waals surface area contributed by atoms with E-state index < -0.39 is 17.5 Å². The maximum atomic E-state index is 11.9. The minimum Gasteiger partial charge on any atom is -0.479 e. The average Bonchev–Trinajstić information content (AvgIpc) is 2.80. The molecule has 7 nitrogen and oxygen atoms in total. The van der Waals surface area contributed by atoms with Crippen molar-refractivity contribution in [3.05, 3.63) is 17.1 Å². The summed E-state index contributed by atoms with van der Waals surface area (Å²) in [5, 5.41) is 0.555. The summed E-state index contributed by atoms with van der Waals surface area (Å²) in [7, 11) is 1.27. The molecule has 0 amide bonds. The lowest BCUT2D eigenvalue weighted by Gasteiger charge is -2.19. The maximum absolute atomic E-state index is 11.9. The largest absolute Gasteiger partial charge is 0.479 e. The molecule has 124 valence electrons. The number of carbonyl (C=O) groups is 2. The SMILES string of the molecule is COC(=O)c1sc2ncc(N)cc2c1OCC(=O)OC(C)(C)C. The molecule has 2 aromatic heterocycles. The molecule has 23 heavy (non-hydrogen) atoms. The van der Waals surface area contributed by atoms with E-state index in [0.29, 0.717) is 15.9 Å². The molecule has 0 bridgehead atoms. The first kappa shape index (κ1) is 17.0. The van der Waals surface area contributed by atoms with Crippen molar-refractivity contribution in [1.82, 2.24) is 4.98 Å². The Labute approximate surface area is 137 Å². The zero-order valence-electron chi connectivity index (χ0n) is 13.3. The molecular weight excluding hydrogens is 320 g/mol. The average molecular weight is 338 g/mol. The topological polar surface area (TPSA) is 101 Å². The number of esters is 2. The fraction of sp³-hybridized carbons (Fsp3) is 0.400. The third kappa shape index (κ3) is 4.10. The molecule has 0 radical (unpaired) electrons. The normalized spacial score (nSPS) is 11.3. The number of aromatic nitrogens is 1. The fourth-order valence-electron chi connectivity index (χ4n) is 1.85. The van der Waals surface area contributed by atoms with E-state index in [4.69, 9.17) is 19.9 Å². The Morgan fingerprint density at radius 2 is 2.04 bits per heavy atom. The predicted octanol–water partition coefficient (Wildman–Crippen LogP) is 2.39. The standard InChI is InChI=1S/C15H18N2O5S/c1-15(2,3)22-10(18)7-21-11-9-5-8(16)6-17-13(9)23-12(11)14(19)20-4/h5-6H,7,16H2,1-4H3. The van der Waals surface area contributed by atoms with Crippen LogP contribution in [0.3, 0.4) is 0 Å². The first-order chi connectivity index (χ1) is 10.7. The van der Waals surface area contributed by atoms with Crippen LogP contribution in [0.1, 0.15) is 30.4 Å². The quantitative estimate of drug-likeness (QED) is 0.854. The number of nitrogen functional groups attached to an aromatic ring is 1. The summed E-state index contributed by atoms with van der Waals surface area (Å²) in [6, 6.07) is 1.63. The van der Waals surface area contributed by atoms with E-state index in [9.17, 15) is 9.59 Å². The van der Waals surface area contributed by atoms with E-state index in [-0.39, 0.29) is 17.2 Å². The Morgan fingerprint density at radius 3 is 2.65 bits per heavy atom. The van der Waals surface area contributed by atoms with E-state index in [1.165, 1.54) is 13.3 Å². The molecule has 0 spiro atoms. The molecule has 0 aliphatic rings. The third-order valence-electron chi connectivity index (χ3n) is 2.65. The molecule has 2 rings (SSSR count). The van der Waals surface area contributed by atoms with Crippen molar-refractivity contribution in [3.63, 3.8) is 0 Å². The van der Waals surface area contributed by atoms with Crippen molar-refractivity contribution in [2.75, 3.05) is 19.5 Å². The highest BCUT2D eigenvalue weighted by Gasteiger charge is 2.23. The number of nitrogens with two attached hydrogens (primary N) is 1. The molecule has 2 aromatic rings. The van der Waals surface area contributed by atoms with Gasteiger partial charge in [0.2, 0.25) is 0 Å². The van der Waals surface area contributed by atoms with Crippen molar-refractivity contribution in [1.29, 1.82) is 0 Å². The Hall–Kier alpha value is -2.35. The number of thiophene rings is 1. The zero-order chi connectivity index (χ0) is 17.2. The third-order valence-corrected chi connectivity index (χ3v) is 3.72. The number of anilines is 1. The smallest absolute Gasteiger partial charge is 0.351 e. The molecule has 0 aromatic carbocycles. The summed E-state index contributed by atoms with van der Waals surface area (Å²) in [5.41, 5.74) is 5.54. The molecule has 0 saturated heterocycles. The molecule has 0 fully saturated rings. The molecule has 2 N–H and O–H groups in total. The first-order valence-electron chi connectivity index (χ1n) is 6.82. The fourth-order valence-corrected chi connectivity index (χ4v) is 2.84.